The molecule has 2 atom stereocenters. The number of anilines is 2. The lowest BCUT2D eigenvalue weighted by atomic mass is 9.96. The molecule has 0 amide bonds. The van der Waals surface area contributed by atoms with Crippen molar-refractivity contribution in [1.29, 1.82) is 0 Å². The Morgan fingerprint density at radius 2 is 1.97 bits per heavy atom. The van der Waals surface area contributed by atoms with Gasteiger partial charge in [-0.1, -0.05) is 28.9 Å². The SMILES string of the molecule is CC(=O)O.Cc1cc([C@H]2CN(C3CCN(c4n[nH]c(N)n4)CC3)[C@@H](Cc3ccc(Cl)cc3)CO2)on1. The van der Waals surface area contributed by atoms with E-state index in [9.17, 15) is 0 Å². The van der Waals surface area contributed by atoms with E-state index in [0.717, 1.165) is 62.3 Å². The minimum absolute atomic E-state index is 0.108. The van der Waals surface area contributed by atoms with Gasteiger partial charge in [0.1, 0.15) is 6.10 Å². The van der Waals surface area contributed by atoms with Crippen LogP contribution in [-0.4, -0.2) is 74.6 Å². The van der Waals surface area contributed by atoms with Crippen LogP contribution in [-0.2, 0) is 16.0 Å². The summed E-state index contributed by atoms with van der Waals surface area (Å²) in [5.41, 5.74) is 7.83. The van der Waals surface area contributed by atoms with Crippen LogP contribution in [0.1, 0.15) is 42.9 Å². The number of halogens is 1. The molecule has 4 N–H and O–H groups in total. The number of carbonyl (C=O) groups is 1. The van der Waals surface area contributed by atoms with Gasteiger partial charge in [-0.2, -0.15) is 4.98 Å². The van der Waals surface area contributed by atoms with Gasteiger partial charge in [-0.3, -0.25) is 9.69 Å². The summed E-state index contributed by atoms with van der Waals surface area (Å²) < 4.78 is 11.8. The van der Waals surface area contributed by atoms with E-state index in [1.165, 1.54) is 5.56 Å². The maximum Gasteiger partial charge on any atom is 0.300 e. The van der Waals surface area contributed by atoms with E-state index in [1.54, 1.807) is 0 Å². The summed E-state index contributed by atoms with van der Waals surface area (Å²) in [6.07, 6.45) is 2.85. The Morgan fingerprint density at radius 3 is 2.56 bits per heavy atom. The highest BCUT2D eigenvalue weighted by molar-refractivity contribution is 6.30. The van der Waals surface area contributed by atoms with E-state index in [1.807, 2.05) is 25.1 Å². The zero-order valence-electron chi connectivity index (χ0n) is 20.4. The van der Waals surface area contributed by atoms with Crippen molar-refractivity contribution in [2.45, 2.75) is 51.3 Å². The largest absolute Gasteiger partial charge is 0.481 e. The van der Waals surface area contributed by atoms with Gasteiger partial charge in [0.05, 0.1) is 12.3 Å². The number of nitrogens with two attached hydrogens (primary N) is 1. The fourth-order valence-corrected chi connectivity index (χ4v) is 4.87. The van der Waals surface area contributed by atoms with Crippen LogP contribution in [0.5, 0.6) is 0 Å². The molecule has 2 aromatic heterocycles. The molecule has 11 nitrogen and oxygen atoms in total. The summed E-state index contributed by atoms with van der Waals surface area (Å²) in [6, 6.07) is 10.8. The van der Waals surface area contributed by atoms with Crippen molar-refractivity contribution >= 4 is 29.5 Å². The maximum absolute atomic E-state index is 9.00. The van der Waals surface area contributed by atoms with Crippen molar-refractivity contribution in [3.05, 3.63) is 52.4 Å². The van der Waals surface area contributed by atoms with E-state index in [-0.39, 0.29) is 12.1 Å². The minimum Gasteiger partial charge on any atom is -0.481 e. The number of nitrogens with zero attached hydrogens (tertiary/aromatic N) is 5. The summed E-state index contributed by atoms with van der Waals surface area (Å²) in [5, 5.41) is 19.2. The first-order valence-corrected chi connectivity index (χ1v) is 12.3. The Balaban J connectivity index is 0.000000709. The molecule has 0 bridgehead atoms. The van der Waals surface area contributed by atoms with Gasteiger partial charge in [0.25, 0.3) is 5.97 Å². The summed E-state index contributed by atoms with van der Waals surface area (Å²) in [7, 11) is 0. The zero-order chi connectivity index (χ0) is 25.7. The number of hydrogen-bond donors (Lipinski definition) is 3. The smallest absolute Gasteiger partial charge is 0.300 e. The fraction of sp³-hybridized carbons (Fsp3) is 0.500. The Bertz CT molecular complexity index is 1120. The van der Waals surface area contributed by atoms with E-state index in [4.69, 9.17) is 36.5 Å². The van der Waals surface area contributed by atoms with E-state index in [2.05, 4.69) is 42.3 Å². The summed E-state index contributed by atoms with van der Waals surface area (Å²) in [4.78, 5) is 18.1. The first kappa shape index (κ1) is 25.9. The van der Waals surface area contributed by atoms with Gasteiger partial charge >= 0.3 is 0 Å². The summed E-state index contributed by atoms with van der Waals surface area (Å²) >= 11 is 6.08. The molecule has 2 aliphatic rings. The van der Waals surface area contributed by atoms with Crippen LogP contribution in [0.15, 0.2) is 34.9 Å². The van der Waals surface area contributed by atoms with Crippen molar-refractivity contribution in [3.8, 4) is 0 Å². The number of hydrogen-bond acceptors (Lipinski definition) is 9. The number of piperidine rings is 1. The molecule has 0 radical (unpaired) electrons. The number of rotatable bonds is 5. The van der Waals surface area contributed by atoms with Gasteiger partial charge < -0.3 is 25.0 Å². The molecule has 0 unspecified atom stereocenters. The van der Waals surface area contributed by atoms with Gasteiger partial charge in [0.15, 0.2) is 5.76 Å². The van der Waals surface area contributed by atoms with E-state index < -0.39 is 5.97 Å². The molecule has 2 aliphatic heterocycles. The third kappa shape index (κ3) is 6.74. The number of aromatic amines is 1. The summed E-state index contributed by atoms with van der Waals surface area (Å²) in [6.45, 7) is 6.22. The molecule has 194 valence electrons. The van der Waals surface area contributed by atoms with Crippen molar-refractivity contribution in [2.75, 3.05) is 36.9 Å². The van der Waals surface area contributed by atoms with Crippen LogP contribution in [0.4, 0.5) is 11.9 Å². The molecule has 3 aromatic rings. The fourth-order valence-electron chi connectivity index (χ4n) is 4.74. The van der Waals surface area contributed by atoms with Crippen LogP contribution in [0.25, 0.3) is 0 Å². The Morgan fingerprint density at radius 1 is 1.28 bits per heavy atom. The van der Waals surface area contributed by atoms with E-state index >= 15 is 0 Å². The number of carboxylic acids is 1. The van der Waals surface area contributed by atoms with Crippen LogP contribution < -0.4 is 10.6 Å². The number of benzene rings is 1. The predicted octanol–water partition coefficient (Wildman–Crippen LogP) is 3.08. The summed E-state index contributed by atoms with van der Waals surface area (Å²) in [5.74, 6) is 0.991. The second-order valence-corrected chi connectivity index (χ2v) is 9.57. The molecule has 36 heavy (non-hydrogen) atoms. The second kappa shape index (κ2) is 11.7. The Hall–Kier alpha value is -3.15. The number of morpholine rings is 1. The number of ether oxygens (including phenoxy) is 1. The Kier molecular flexibility index (Phi) is 8.44. The highest BCUT2D eigenvalue weighted by Gasteiger charge is 2.37. The number of carboxylic acid groups (broad SMARTS) is 1. The standard InChI is InChI=1S/C22H28ClN7O2.C2H4O2/c1-14-10-19(32-28-14)20-12-30(18(13-31-20)11-15-2-4-16(23)5-3-15)17-6-8-29(9-7-17)22-25-21(24)26-27-22;1-2(3)4/h2-5,10,17-18,20H,6-9,11-13H2,1H3,(H3,24,25,26,27);1H3,(H,3,4)/t18-,20+;/m0./s1. The van der Waals surface area contributed by atoms with Gasteiger partial charge in [-0.05, 0) is 43.9 Å². The lowest BCUT2D eigenvalue weighted by Gasteiger charge is -2.46. The molecule has 12 heteroatoms. The van der Waals surface area contributed by atoms with Crippen molar-refractivity contribution < 1.29 is 19.2 Å². The Labute approximate surface area is 214 Å². The molecule has 1 aromatic carbocycles. The van der Waals surface area contributed by atoms with Crippen LogP contribution in [0.3, 0.4) is 0 Å². The average molecular weight is 518 g/mol. The monoisotopic (exact) mass is 517 g/mol. The lowest BCUT2D eigenvalue weighted by molar-refractivity contribution is -0.134. The second-order valence-electron chi connectivity index (χ2n) is 9.13. The van der Waals surface area contributed by atoms with E-state index in [0.29, 0.717) is 24.5 Å². The maximum atomic E-state index is 9.00. The third-order valence-corrected chi connectivity index (χ3v) is 6.64. The third-order valence-electron chi connectivity index (χ3n) is 6.39. The lowest BCUT2D eigenvalue weighted by Crippen LogP contribution is -2.55. The molecule has 2 fully saturated rings. The highest BCUT2D eigenvalue weighted by Crippen LogP contribution is 2.32. The highest BCUT2D eigenvalue weighted by atomic mass is 35.5. The van der Waals surface area contributed by atoms with Gasteiger partial charge in [-0.25, -0.2) is 5.10 Å². The normalized spacial score (nSPS) is 21.1. The van der Waals surface area contributed by atoms with Gasteiger partial charge in [-0.15, -0.1) is 5.10 Å². The number of nitrogens with one attached hydrogen (secondary N) is 1. The molecule has 0 spiro atoms. The zero-order valence-corrected chi connectivity index (χ0v) is 21.2. The molecule has 0 saturated carbocycles. The average Bonchev–Trinajstić information content (AvgIpc) is 3.49. The van der Waals surface area contributed by atoms with Crippen LogP contribution in [0, 0.1) is 6.92 Å². The topological polar surface area (TPSA) is 147 Å². The van der Waals surface area contributed by atoms with Crippen LogP contribution >= 0.6 is 11.6 Å². The molecule has 5 rings (SSSR count). The number of aliphatic carboxylic acids is 1. The molecular weight excluding hydrogens is 486 g/mol. The first-order chi connectivity index (χ1) is 17.3. The molecular formula is C24H32ClN7O4. The van der Waals surface area contributed by atoms with Crippen molar-refractivity contribution in [1.82, 2.24) is 25.2 Å². The predicted molar refractivity (Wildman–Crippen MR) is 135 cm³/mol. The quantitative estimate of drug-likeness (QED) is 0.461. The first-order valence-electron chi connectivity index (χ1n) is 12.0. The van der Waals surface area contributed by atoms with Gasteiger partial charge in [0.2, 0.25) is 11.9 Å². The van der Waals surface area contributed by atoms with Crippen molar-refractivity contribution in [3.63, 3.8) is 0 Å². The minimum atomic E-state index is -0.833. The molecule has 4 heterocycles. The van der Waals surface area contributed by atoms with Crippen molar-refractivity contribution in [2.24, 2.45) is 0 Å². The van der Waals surface area contributed by atoms with Crippen LogP contribution in [0.2, 0.25) is 5.02 Å². The molecule has 2 saturated heterocycles. The number of nitrogen functional groups attached to an aromatic ring is 1. The number of aromatic nitrogens is 4. The van der Waals surface area contributed by atoms with Gasteiger partial charge in [0, 0.05) is 49.7 Å². The number of aryl methyl sites for hydroxylation is 1. The molecule has 0 aliphatic carbocycles. The number of H-pyrrole nitrogens is 1.